The zero-order valence-electron chi connectivity index (χ0n) is 23.8. The number of methoxy groups -OCH3 is 1. The van der Waals surface area contributed by atoms with Gasteiger partial charge in [0.25, 0.3) is 10.0 Å². The molecular formula is C31H35Cl2N3O5S. The second kappa shape index (κ2) is 13.8. The summed E-state index contributed by atoms with van der Waals surface area (Å²) in [6, 6.07) is 17.1. The van der Waals surface area contributed by atoms with Crippen LogP contribution in [0.2, 0.25) is 10.0 Å². The van der Waals surface area contributed by atoms with E-state index in [0.29, 0.717) is 5.75 Å². The molecule has 4 rings (SSSR count). The van der Waals surface area contributed by atoms with Crippen molar-refractivity contribution < 1.29 is 22.7 Å². The fourth-order valence-electron chi connectivity index (χ4n) is 4.99. The number of carbonyl (C=O) groups excluding carboxylic acids is 2. The highest BCUT2D eigenvalue weighted by Crippen LogP contribution is 2.30. The van der Waals surface area contributed by atoms with Crippen molar-refractivity contribution in [1.29, 1.82) is 0 Å². The third-order valence-corrected chi connectivity index (χ3v) is 9.60. The number of sulfonamides is 1. The van der Waals surface area contributed by atoms with Crippen LogP contribution in [-0.2, 0) is 26.2 Å². The fourth-order valence-corrected chi connectivity index (χ4v) is 6.90. The molecule has 1 aliphatic rings. The molecule has 0 spiro atoms. The fraction of sp³-hybridized carbons (Fsp3) is 0.355. The molecule has 1 fully saturated rings. The molecule has 0 aromatic heterocycles. The minimum absolute atomic E-state index is 0.00312. The molecule has 3 aromatic rings. The summed E-state index contributed by atoms with van der Waals surface area (Å²) in [5.41, 5.74) is 1.74. The summed E-state index contributed by atoms with van der Waals surface area (Å²) in [7, 11) is -2.69. The Morgan fingerprint density at radius 1 is 1.00 bits per heavy atom. The minimum atomic E-state index is -4.23. The summed E-state index contributed by atoms with van der Waals surface area (Å²) < 4.78 is 34.3. The molecule has 1 atom stereocenters. The first-order valence-corrected chi connectivity index (χ1v) is 16.0. The van der Waals surface area contributed by atoms with Crippen LogP contribution in [0.25, 0.3) is 0 Å². The molecule has 0 aliphatic heterocycles. The molecule has 0 saturated heterocycles. The number of nitrogens with one attached hydrogen (secondary N) is 1. The van der Waals surface area contributed by atoms with Gasteiger partial charge >= 0.3 is 0 Å². The SMILES string of the molecule is COc1cccc(CN(C(=O)CN(c2cc(Cl)cc(Cl)c2)S(=O)(=O)c2ccc(C)cc2)C(C)C(=O)NC2CCCC2)c1. The maximum atomic E-state index is 14.1. The summed E-state index contributed by atoms with van der Waals surface area (Å²) in [5, 5.41) is 3.49. The molecule has 1 N–H and O–H groups in total. The van der Waals surface area contributed by atoms with Crippen molar-refractivity contribution in [2.75, 3.05) is 18.0 Å². The lowest BCUT2D eigenvalue weighted by atomic mass is 10.1. The Bertz CT molecular complexity index is 1510. The van der Waals surface area contributed by atoms with Gasteiger partial charge in [0.15, 0.2) is 0 Å². The van der Waals surface area contributed by atoms with Gasteiger partial charge in [0, 0.05) is 22.6 Å². The van der Waals surface area contributed by atoms with E-state index in [9.17, 15) is 18.0 Å². The number of benzene rings is 3. The quantitative estimate of drug-likeness (QED) is 0.281. The second-order valence-corrected chi connectivity index (χ2v) is 13.2. The van der Waals surface area contributed by atoms with Crippen LogP contribution in [0.1, 0.15) is 43.7 Å². The van der Waals surface area contributed by atoms with Crippen LogP contribution in [-0.4, -0.2) is 50.9 Å². The average molecular weight is 633 g/mol. The van der Waals surface area contributed by atoms with Crippen molar-refractivity contribution in [3.63, 3.8) is 0 Å². The van der Waals surface area contributed by atoms with Crippen LogP contribution in [0.3, 0.4) is 0 Å². The van der Waals surface area contributed by atoms with Crippen molar-refractivity contribution >= 4 is 50.7 Å². The van der Waals surface area contributed by atoms with Crippen molar-refractivity contribution in [3.05, 3.63) is 87.9 Å². The molecular weight excluding hydrogens is 597 g/mol. The van der Waals surface area contributed by atoms with E-state index >= 15 is 0 Å². The zero-order valence-corrected chi connectivity index (χ0v) is 26.2. The van der Waals surface area contributed by atoms with Crippen LogP contribution >= 0.6 is 23.2 Å². The van der Waals surface area contributed by atoms with Gasteiger partial charge in [0.05, 0.1) is 17.7 Å². The predicted molar refractivity (Wildman–Crippen MR) is 166 cm³/mol. The maximum absolute atomic E-state index is 14.1. The molecule has 42 heavy (non-hydrogen) atoms. The number of rotatable bonds is 11. The number of halogens is 2. The highest BCUT2D eigenvalue weighted by Gasteiger charge is 2.33. The average Bonchev–Trinajstić information content (AvgIpc) is 3.47. The molecule has 0 bridgehead atoms. The Hall–Kier alpha value is -3.27. The molecule has 3 aromatic carbocycles. The van der Waals surface area contributed by atoms with E-state index in [0.717, 1.165) is 41.1 Å². The normalized spacial score (nSPS) is 14.3. The minimum Gasteiger partial charge on any atom is -0.497 e. The zero-order chi connectivity index (χ0) is 30.4. The van der Waals surface area contributed by atoms with Gasteiger partial charge in [0.2, 0.25) is 11.8 Å². The molecule has 0 radical (unpaired) electrons. The number of ether oxygens (including phenoxy) is 1. The van der Waals surface area contributed by atoms with Gasteiger partial charge in [-0.25, -0.2) is 8.42 Å². The third kappa shape index (κ3) is 7.76. The Kier molecular flexibility index (Phi) is 10.4. The summed E-state index contributed by atoms with van der Waals surface area (Å²) in [4.78, 5) is 28.9. The van der Waals surface area contributed by atoms with Gasteiger partial charge in [-0.15, -0.1) is 0 Å². The number of hydrogen-bond acceptors (Lipinski definition) is 5. The van der Waals surface area contributed by atoms with Crippen molar-refractivity contribution in [2.24, 2.45) is 0 Å². The molecule has 0 heterocycles. The molecule has 1 saturated carbocycles. The van der Waals surface area contributed by atoms with E-state index in [1.165, 1.54) is 35.2 Å². The van der Waals surface area contributed by atoms with Crippen LogP contribution in [0.4, 0.5) is 5.69 Å². The van der Waals surface area contributed by atoms with Crippen molar-refractivity contribution in [1.82, 2.24) is 10.2 Å². The highest BCUT2D eigenvalue weighted by molar-refractivity contribution is 7.92. The summed E-state index contributed by atoms with van der Waals surface area (Å²) in [6.07, 6.45) is 3.86. The first-order valence-electron chi connectivity index (χ1n) is 13.8. The van der Waals surface area contributed by atoms with E-state index in [1.807, 2.05) is 13.0 Å². The van der Waals surface area contributed by atoms with Gasteiger partial charge in [-0.05, 0) is 74.7 Å². The topological polar surface area (TPSA) is 96.0 Å². The Balaban J connectivity index is 1.72. The van der Waals surface area contributed by atoms with Gasteiger partial charge in [-0.1, -0.05) is 65.9 Å². The standard InChI is InChI=1S/C31H35Cl2N3O5S/c1-21-11-13-29(14-12-21)42(39,40)36(27-17-24(32)16-25(33)18-27)20-30(37)35(19-23-7-6-10-28(15-23)41-3)22(2)31(38)34-26-8-4-5-9-26/h6-7,10-18,22,26H,4-5,8-9,19-20H2,1-3H3,(H,34,38). The van der Waals surface area contributed by atoms with E-state index < -0.39 is 28.5 Å². The Morgan fingerprint density at radius 2 is 1.64 bits per heavy atom. The smallest absolute Gasteiger partial charge is 0.264 e. The van der Waals surface area contributed by atoms with E-state index in [2.05, 4.69) is 5.32 Å². The van der Waals surface area contributed by atoms with Crippen LogP contribution in [0, 0.1) is 6.92 Å². The van der Waals surface area contributed by atoms with Crippen molar-refractivity contribution in [3.8, 4) is 5.75 Å². The lowest BCUT2D eigenvalue weighted by Crippen LogP contribution is -2.52. The number of amides is 2. The largest absolute Gasteiger partial charge is 0.497 e. The molecule has 11 heteroatoms. The number of aryl methyl sites for hydroxylation is 1. The Labute approximate surface area is 257 Å². The first kappa shape index (κ1) is 31.7. The lowest BCUT2D eigenvalue weighted by molar-refractivity contribution is -0.139. The number of nitrogens with zero attached hydrogens (tertiary/aromatic N) is 2. The van der Waals surface area contributed by atoms with Crippen LogP contribution < -0.4 is 14.4 Å². The van der Waals surface area contributed by atoms with Crippen LogP contribution in [0.5, 0.6) is 5.75 Å². The predicted octanol–water partition coefficient (Wildman–Crippen LogP) is 5.98. The van der Waals surface area contributed by atoms with E-state index in [4.69, 9.17) is 27.9 Å². The number of hydrogen-bond donors (Lipinski definition) is 1. The molecule has 1 aliphatic carbocycles. The van der Waals surface area contributed by atoms with Gasteiger partial charge < -0.3 is 15.0 Å². The van der Waals surface area contributed by atoms with Gasteiger partial charge in [0.1, 0.15) is 18.3 Å². The lowest BCUT2D eigenvalue weighted by Gasteiger charge is -2.32. The summed E-state index contributed by atoms with van der Waals surface area (Å²) >= 11 is 12.5. The van der Waals surface area contributed by atoms with E-state index in [1.54, 1.807) is 44.4 Å². The maximum Gasteiger partial charge on any atom is 0.264 e. The van der Waals surface area contributed by atoms with Crippen LogP contribution in [0.15, 0.2) is 71.6 Å². The molecule has 8 nitrogen and oxygen atoms in total. The summed E-state index contributed by atoms with van der Waals surface area (Å²) in [5.74, 6) is -0.268. The van der Waals surface area contributed by atoms with Gasteiger partial charge in [-0.3, -0.25) is 13.9 Å². The Morgan fingerprint density at radius 3 is 2.26 bits per heavy atom. The first-order chi connectivity index (χ1) is 20.0. The second-order valence-electron chi connectivity index (χ2n) is 10.5. The van der Waals surface area contributed by atoms with Crippen molar-refractivity contribution in [2.45, 2.75) is 63.1 Å². The summed E-state index contributed by atoms with van der Waals surface area (Å²) in [6.45, 7) is 2.97. The number of carbonyl (C=O) groups is 2. The molecule has 224 valence electrons. The molecule has 2 amide bonds. The monoisotopic (exact) mass is 631 g/mol. The third-order valence-electron chi connectivity index (χ3n) is 7.38. The van der Waals surface area contributed by atoms with E-state index in [-0.39, 0.29) is 39.1 Å². The number of anilines is 1. The highest BCUT2D eigenvalue weighted by atomic mass is 35.5. The molecule has 1 unspecified atom stereocenters. The van der Waals surface area contributed by atoms with Gasteiger partial charge in [-0.2, -0.15) is 0 Å².